The third kappa shape index (κ3) is 7.16. The Bertz CT molecular complexity index is 1270. The molecular formula is C29H34N4O4. The van der Waals surface area contributed by atoms with Crippen LogP contribution in [0.4, 0.5) is 22.7 Å². The molecule has 3 aromatic carbocycles. The molecule has 194 valence electrons. The average molecular weight is 503 g/mol. The van der Waals surface area contributed by atoms with E-state index in [2.05, 4.69) is 41.1 Å². The molecule has 0 fully saturated rings. The number of ether oxygens (including phenoxy) is 2. The monoisotopic (exact) mass is 502 g/mol. The lowest BCUT2D eigenvalue weighted by molar-refractivity contribution is -0.385. The maximum Gasteiger partial charge on any atom is 0.276 e. The van der Waals surface area contributed by atoms with Crippen molar-refractivity contribution < 1.29 is 14.4 Å². The lowest BCUT2D eigenvalue weighted by Crippen LogP contribution is -2.23. The van der Waals surface area contributed by atoms with E-state index < -0.39 is 0 Å². The van der Waals surface area contributed by atoms with Crippen LogP contribution in [0.2, 0.25) is 0 Å². The number of azo groups is 1. The van der Waals surface area contributed by atoms with Gasteiger partial charge < -0.3 is 14.4 Å². The Kier molecular flexibility index (Phi) is 9.77. The van der Waals surface area contributed by atoms with Gasteiger partial charge in [-0.3, -0.25) is 10.1 Å². The van der Waals surface area contributed by atoms with Gasteiger partial charge in [0.1, 0.15) is 17.2 Å². The van der Waals surface area contributed by atoms with Gasteiger partial charge in [-0.15, -0.1) is 5.11 Å². The molecule has 0 aliphatic heterocycles. The molecule has 0 unspecified atom stereocenters. The second kappa shape index (κ2) is 13.2. The summed E-state index contributed by atoms with van der Waals surface area (Å²) < 4.78 is 11.1. The molecule has 0 aromatic heterocycles. The summed E-state index contributed by atoms with van der Waals surface area (Å²) >= 11 is 0. The molecule has 0 heterocycles. The quantitative estimate of drug-likeness (QED) is 0.108. The number of hydrogen-bond acceptors (Lipinski definition) is 7. The highest BCUT2D eigenvalue weighted by Crippen LogP contribution is 2.37. The van der Waals surface area contributed by atoms with Gasteiger partial charge in [0, 0.05) is 36.5 Å². The fourth-order valence-corrected chi connectivity index (χ4v) is 3.91. The van der Waals surface area contributed by atoms with Crippen molar-refractivity contribution in [2.75, 3.05) is 32.2 Å². The number of methoxy groups -OCH3 is 2. The first-order valence-corrected chi connectivity index (χ1v) is 12.4. The van der Waals surface area contributed by atoms with E-state index in [9.17, 15) is 10.1 Å². The lowest BCUT2D eigenvalue weighted by Gasteiger charge is -2.22. The van der Waals surface area contributed by atoms with Crippen LogP contribution in [0.3, 0.4) is 0 Å². The van der Waals surface area contributed by atoms with Crippen molar-refractivity contribution in [3.05, 3.63) is 81.4 Å². The SMILES string of the molecule is CCCCN(CC)c1ccc(/N=N/c2cc(OC)c(/C=C/c3ccc(C)cc3[N+](=O)[O-])cc2OC)cc1. The summed E-state index contributed by atoms with van der Waals surface area (Å²) in [6, 6.07) is 16.6. The van der Waals surface area contributed by atoms with Crippen molar-refractivity contribution in [3.63, 3.8) is 0 Å². The van der Waals surface area contributed by atoms with Crippen LogP contribution in [0.1, 0.15) is 43.4 Å². The Balaban J connectivity index is 1.86. The third-order valence-corrected chi connectivity index (χ3v) is 6.01. The molecule has 0 aliphatic carbocycles. The molecule has 0 N–H and O–H groups in total. The van der Waals surface area contributed by atoms with E-state index in [1.165, 1.54) is 5.69 Å². The summed E-state index contributed by atoms with van der Waals surface area (Å²) in [6.45, 7) is 8.16. The van der Waals surface area contributed by atoms with E-state index in [4.69, 9.17) is 9.47 Å². The molecule has 0 spiro atoms. The zero-order valence-corrected chi connectivity index (χ0v) is 22.1. The van der Waals surface area contributed by atoms with Gasteiger partial charge in [-0.05, 0) is 68.3 Å². The Labute approximate surface area is 218 Å². The number of benzene rings is 3. The number of aryl methyl sites for hydroxylation is 1. The number of unbranched alkanes of at least 4 members (excludes halogenated alkanes) is 1. The van der Waals surface area contributed by atoms with Crippen molar-refractivity contribution in [1.29, 1.82) is 0 Å². The molecule has 37 heavy (non-hydrogen) atoms. The topological polar surface area (TPSA) is 89.6 Å². The predicted molar refractivity (Wildman–Crippen MR) is 150 cm³/mol. The molecule has 3 rings (SSSR count). The normalized spacial score (nSPS) is 11.3. The van der Waals surface area contributed by atoms with Crippen molar-refractivity contribution in [2.45, 2.75) is 33.6 Å². The standard InChI is InChI=1S/C29H34N4O4/c1-6-8-17-32(7-2)25-15-13-24(14-16-25)30-31-26-20-28(36-4)23(19-29(26)37-5)12-11-22-10-9-21(3)18-27(22)33(34)35/h9-16,18-20H,6-8,17H2,1-5H3/b12-11+,31-30+. The van der Waals surface area contributed by atoms with Crippen LogP contribution in [0.15, 0.2) is 64.8 Å². The minimum absolute atomic E-state index is 0.0473. The van der Waals surface area contributed by atoms with Gasteiger partial charge in [0.05, 0.1) is 30.4 Å². The lowest BCUT2D eigenvalue weighted by atomic mass is 10.1. The molecule has 0 saturated carbocycles. The zero-order chi connectivity index (χ0) is 26.8. The highest BCUT2D eigenvalue weighted by molar-refractivity contribution is 5.78. The van der Waals surface area contributed by atoms with E-state index in [1.807, 2.05) is 25.1 Å². The molecule has 0 atom stereocenters. The molecule has 0 bridgehead atoms. The van der Waals surface area contributed by atoms with E-state index in [-0.39, 0.29) is 10.6 Å². The van der Waals surface area contributed by atoms with Gasteiger partial charge in [-0.2, -0.15) is 5.11 Å². The molecule has 0 saturated heterocycles. The van der Waals surface area contributed by atoms with E-state index in [0.29, 0.717) is 28.3 Å². The van der Waals surface area contributed by atoms with Crippen LogP contribution >= 0.6 is 0 Å². The number of hydrogen-bond donors (Lipinski definition) is 0. The van der Waals surface area contributed by atoms with Crippen LogP contribution < -0.4 is 14.4 Å². The summed E-state index contributed by atoms with van der Waals surface area (Å²) in [7, 11) is 3.12. The molecule has 3 aromatic rings. The first-order valence-electron chi connectivity index (χ1n) is 12.4. The van der Waals surface area contributed by atoms with Crippen molar-refractivity contribution in [1.82, 2.24) is 0 Å². The largest absolute Gasteiger partial charge is 0.496 e. The van der Waals surface area contributed by atoms with Crippen LogP contribution in [0.5, 0.6) is 11.5 Å². The van der Waals surface area contributed by atoms with Crippen molar-refractivity contribution in [3.8, 4) is 11.5 Å². The number of anilines is 1. The zero-order valence-electron chi connectivity index (χ0n) is 22.1. The Morgan fingerprint density at radius 2 is 1.62 bits per heavy atom. The maximum atomic E-state index is 11.5. The number of nitrogens with zero attached hydrogens (tertiary/aromatic N) is 4. The Morgan fingerprint density at radius 1 is 0.919 bits per heavy atom. The van der Waals surface area contributed by atoms with Crippen molar-refractivity contribution in [2.24, 2.45) is 10.2 Å². The Morgan fingerprint density at radius 3 is 2.24 bits per heavy atom. The number of nitro benzene ring substituents is 1. The van der Waals surface area contributed by atoms with Gasteiger partial charge in [0.15, 0.2) is 0 Å². The van der Waals surface area contributed by atoms with Crippen LogP contribution in [-0.4, -0.2) is 32.2 Å². The molecular weight excluding hydrogens is 468 g/mol. The number of nitro groups is 1. The first kappa shape index (κ1) is 27.4. The van der Waals surface area contributed by atoms with Crippen molar-refractivity contribution >= 4 is 34.9 Å². The number of rotatable bonds is 12. The molecule has 0 amide bonds. The molecule has 0 aliphatic rings. The summed E-state index contributed by atoms with van der Waals surface area (Å²) in [5, 5.41) is 20.2. The van der Waals surface area contributed by atoms with Crippen LogP contribution in [-0.2, 0) is 0 Å². The molecule has 8 heteroatoms. The van der Waals surface area contributed by atoms with Gasteiger partial charge in [-0.1, -0.05) is 25.5 Å². The van der Waals surface area contributed by atoms with Gasteiger partial charge >= 0.3 is 0 Å². The highest BCUT2D eigenvalue weighted by atomic mass is 16.6. The summed E-state index contributed by atoms with van der Waals surface area (Å²) in [5.74, 6) is 1.06. The maximum absolute atomic E-state index is 11.5. The fraction of sp³-hybridized carbons (Fsp3) is 0.310. The van der Waals surface area contributed by atoms with Gasteiger partial charge in [0.2, 0.25) is 0 Å². The predicted octanol–water partition coefficient (Wildman–Crippen LogP) is 8.13. The summed E-state index contributed by atoms with van der Waals surface area (Å²) in [6.07, 6.45) is 5.77. The van der Waals surface area contributed by atoms with Gasteiger partial charge in [0.25, 0.3) is 5.69 Å². The van der Waals surface area contributed by atoms with E-state index in [1.54, 1.807) is 50.6 Å². The van der Waals surface area contributed by atoms with E-state index >= 15 is 0 Å². The first-order chi connectivity index (χ1) is 17.9. The van der Waals surface area contributed by atoms with Crippen LogP contribution in [0, 0.1) is 17.0 Å². The third-order valence-electron chi connectivity index (χ3n) is 6.01. The van der Waals surface area contributed by atoms with E-state index in [0.717, 1.165) is 37.2 Å². The fourth-order valence-electron chi connectivity index (χ4n) is 3.91. The highest BCUT2D eigenvalue weighted by Gasteiger charge is 2.13. The molecule has 8 nitrogen and oxygen atoms in total. The van der Waals surface area contributed by atoms with Gasteiger partial charge in [-0.25, -0.2) is 0 Å². The summed E-state index contributed by atoms with van der Waals surface area (Å²) in [5.41, 5.74) is 4.48. The summed E-state index contributed by atoms with van der Waals surface area (Å²) in [4.78, 5) is 13.4. The molecule has 0 radical (unpaired) electrons. The minimum Gasteiger partial charge on any atom is -0.496 e. The minimum atomic E-state index is -0.383. The average Bonchev–Trinajstić information content (AvgIpc) is 2.91. The Hall–Kier alpha value is -4.20. The van der Waals surface area contributed by atoms with Crippen LogP contribution in [0.25, 0.3) is 12.2 Å². The second-order valence-corrected chi connectivity index (χ2v) is 8.57. The second-order valence-electron chi connectivity index (χ2n) is 8.57. The smallest absolute Gasteiger partial charge is 0.276 e.